The maximum Gasteiger partial charge on any atom is 0.248 e. The molecule has 168 valence electrons. The smallest absolute Gasteiger partial charge is 0.248 e. The first-order chi connectivity index (χ1) is 14.6. The quantitative estimate of drug-likeness (QED) is 0.489. The van der Waals surface area contributed by atoms with Crippen molar-refractivity contribution in [2.75, 3.05) is 39.5 Å². The van der Waals surface area contributed by atoms with Crippen LogP contribution in [0, 0.1) is 23.7 Å². The molecule has 4 aliphatic rings. The van der Waals surface area contributed by atoms with Gasteiger partial charge in [-0.25, -0.2) is 0 Å². The van der Waals surface area contributed by atoms with Crippen molar-refractivity contribution < 1.29 is 24.5 Å². The van der Waals surface area contributed by atoms with Crippen LogP contribution in [0.1, 0.15) is 44.9 Å². The molecule has 2 N–H and O–H groups in total. The minimum atomic E-state index is -0.368. The highest BCUT2D eigenvalue weighted by Gasteiger charge is 2.45. The first kappa shape index (κ1) is 22.0. The predicted molar refractivity (Wildman–Crippen MR) is 114 cm³/mol. The third kappa shape index (κ3) is 5.34. The molecule has 6 heteroatoms. The average Bonchev–Trinajstić information content (AvgIpc) is 3.47. The van der Waals surface area contributed by atoms with Gasteiger partial charge in [-0.15, -0.1) is 0 Å². The van der Waals surface area contributed by atoms with Crippen LogP contribution in [0.4, 0.5) is 0 Å². The zero-order valence-electron chi connectivity index (χ0n) is 18.0. The van der Waals surface area contributed by atoms with Crippen molar-refractivity contribution in [3.63, 3.8) is 0 Å². The van der Waals surface area contributed by atoms with E-state index >= 15 is 0 Å². The molecule has 1 heterocycles. The lowest BCUT2D eigenvalue weighted by Crippen LogP contribution is -2.42. The van der Waals surface area contributed by atoms with Crippen molar-refractivity contribution >= 4 is 5.91 Å². The van der Waals surface area contributed by atoms with E-state index in [4.69, 9.17) is 9.47 Å². The van der Waals surface area contributed by atoms with Crippen LogP contribution in [-0.2, 0) is 14.3 Å². The van der Waals surface area contributed by atoms with E-state index in [-0.39, 0.29) is 30.6 Å². The number of allylic oxidation sites excluding steroid dienone is 1. The number of carbonyl (C=O) groups is 1. The second kappa shape index (κ2) is 10.4. The van der Waals surface area contributed by atoms with Crippen LogP contribution in [-0.4, -0.2) is 72.7 Å². The van der Waals surface area contributed by atoms with Crippen molar-refractivity contribution in [2.24, 2.45) is 23.7 Å². The highest BCUT2D eigenvalue weighted by atomic mass is 16.5. The van der Waals surface area contributed by atoms with Crippen molar-refractivity contribution in [1.29, 1.82) is 0 Å². The van der Waals surface area contributed by atoms with Crippen molar-refractivity contribution in [1.82, 2.24) is 4.90 Å². The number of morpholine rings is 1. The van der Waals surface area contributed by atoms with E-state index in [1.807, 2.05) is 6.08 Å². The van der Waals surface area contributed by atoms with Crippen LogP contribution in [0.3, 0.4) is 0 Å². The van der Waals surface area contributed by atoms with Gasteiger partial charge in [-0.1, -0.05) is 36.6 Å². The number of aliphatic hydroxyl groups is 2. The van der Waals surface area contributed by atoms with Gasteiger partial charge < -0.3 is 24.6 Å². The number of hydrogen-bond acceptors (Lipinski definition) is 5. The third-order valence-electron chi connectivity index (χ3n) is 7.60. The zero-order valence-corrected chi connectivity index (χ0v) is 18.0. The Kier molecular flexibility index (Phi) is 7.63. The third-order valence-corrected chi connectivity index (χ3v) is 7.60. The van der Waals surface area contributed by atoms with E-state index in [0.717, 1.165) is 32.1 Å². The highest BCUT2D eigenvalue weighted by Crippen LogP contribution is 2.50. The van der Waals surface area contributed by atoms with Gasteiger partial charge >= 0.3 is 0 Å². The minimum Gasteiger partial charge on any atom is -0.392 e. The van der Waals surface area contributed by atoms with E-state index in [9.17, 15) is 15.0 Å². The van der Waals surface area contributed by atoms with Gasteiger partial charge in [0.1, 0.15) is 6.61 Å². The zero-order chi connectivity index (χ0) is 20.9. The fourth-order valence-corrected chi connectivity index (χ4v) is 5.86. The molecule has 3 aliphatic carbocycles. The van der Waals surface area contributed by atoms with Crippen LogP contribution in [0.5, 0.6) is 0 Å². The molecule has 4 rings (SSSR count). The van der Waals surface area contributed by atoms with Gasteiger partial charge in [0.2, 0.25) is 5.91 Å². The lowest BCUT2D eigenvalue weighted by molar-refractivity contribution is -0.139. The normalized spacial score (nSPS) is 34.9. The molecule has 5 atom stereocenters. The lowest BCUT2D eigenvalue weighted by atomic mass is 9.89. The monoisotopic (exact) mass is 419 g/mol. The molecule has 4 fully saturated rings. The standard InChI is InChI=1S/C24H37NO5/c26-22(18-3-1-2-4-18)6-5-20-21-14-17(13-19(21)15-23(20)27)7-10-30-16-24(28)25-8-11-29-12-9-25/h5-7,18-23,26-27H,1-4,8-16H2/b6-5+,17-7+/t19-,20+,21-,22+,23+/m0/s1. The first-order valence-corrected chi connectivity index (χ1v) is 11.8. The molecule has 0 spiro atoms. The largest absolute Gasteiger partial charge is 0.392 e. The molecular weight excluding hydrogens is 382 g/mol. The van der Waals surface area contributed by atoms with Crippen molar-refractivity contribution in [2.45, 2.75) is 57.2 Å². The van der Waals surface area contributed by atoms with Crippen LogP contribution in [0.2, 0.25) is 0 Å². The number of nitrogens with zero attached hydrogens (tertiary/aromatic N) is 1. The number of hydrogen-bond donors (Lipinski definition) is 2. The molecule has 30 heavy (non-hydrogen) atoms. The summed E-state index contributed by atoms with van der Waals surface area (Å²) < 4.78 is 10.9. The molecule has 3 saturated carbocycles. The fraction of sp³-hybridized carbons (Fsp3) is 0.792. The highest BCUT2D eigenvalue weighted by molar-refractivity contribution is 5.77. The Morgan fingerprint density at radius 1 is 1.23 bits per heavy atom. The number of rotatable bonds is 7. The molecule has 0 unspecified atom stereocenters. The molecule has 0 aromatic rings. The van der Waals surface area contributed by atoms with Gasteiger partial charge in [-0.05, 0) is 49.9 Å². The first-order valence-electron chi connectivity index (χ1n) is 11.8. The molecule has 1 saturated heterocycles. The maximum absolute atomic E-state index is 12.1. The Balaban J connectivity index is 1.22. The summed E-state index contributed by atoms with van der Waals surface area (Å²) in [5.41, 5.74) is 1.38. The molecule has 0 bridgehead atoms. The summed E-state index contributed by atoms with van der Waals surface area (Å²) in [6, 6.07) is 0. The number of aliphatic hydroxyl groups excluding tert-OH is 2. The number of fused-ring (bicyclic) bond motifs is 1. The molecule has 0 aromatic heterocycles. The van der Waals surface area contributed by atoms with Gasteiger partial charge in [-0.3, -0.25) is 4.79 Å². The summed E-state index contributed by atoms with van der Waals surface area (Å²) in [6.45, 7) is 3.11. The lowest BCUT2D eigenvalue weighted by Gasteiger charge is -2.26. The maximum atomic E-state index is 12.1. The molecule has 0 aromatic carbocycles. The molecule has 6 nitrogen and oxygen atoms in total. The average molecular weight is 420 g/mol. The summed E-state index contributed by atoms with van der Waals surface area (Å²) in [7, 11) is 0. The van der Waals surface area contributed by atoms with Crippen molar-refractivity contribution in [3.8, 4) is 0 Å². The molecule has 0 radical (unpaired) electrons. The Morgan fingerprint density at radius 3 is 2.77 bits per heavy atom. The fourth-order valence-electron chi connectivity index (χ4n) is 5.86. The minimum absolute atomic E-state index is 0.0362. The van der Waals surface area contributed by atoms with Crippen LogP contribution >= 0.6 is 0 Å². The summed E-state index contributed by atoms with van der Waals surface area (Å²) in [5.74, 6) is 1.54. The Morgan fingerprint density at radius 2 is 2.00 bits per heavy atom. The van der Waals surface area contributed by atoms with Gasteiger partial charge in [-0.2, -0.15) is 0 Å². The van der Waals surface area contributed by atoms with Gasteiger partial charge in [0.05, 0.1) is 32.0 Å². The summed E-state index contributed by atoms with van der Waals surface area (Å²) in [4.78, 5) is 13.9. The van der Waals surface area contributed by atoms with E-state index in [1.54, 1.807) is 4.90 Å². The summed E-state index contributed by atoms with van der Waals surface area (Å²) in [5, 5.41) is 21.0. The van der Waals surface area contributed by atoms with Crippen LogP contribution < -0.4 is 0 Å². The second-order valence-corrected chi connectivity index (χ2v) is 9.50. The SMILES string of the molecule is O=C(COC/C=C1\C[C@H]2C[C@@H](O)[C@H](/C=C/[C@@H](O)C3CCCC3)[C@H]2C1)N1CCOCC1. The Labute approximate surface area is 179 Å². The van der Waals surface area contributed by atoms with Gasteiger partial charge in [0.25, 0.3) is 0 Å². The predicted octanol–water partition coefficient (Wildman–Crippen LogP) is 2.30. The Bertz CT molecular complexity index is 636. The Hall–Kier alpha value is -1.21. The van der Waals surface area contributed by atoms with E-state index in [1.165, 1.54) is 18.4 Å². The number of amides is 1. The second-order valence-electron chi connectivity index (χ2n) is 9.50. The van der Waals surface area contributed by atoms with Crippen LogP contribution in [0.25, 0.3) is 0 Å². The topological polar surface area (TPSA) is 79.2 Å². The van der Waals surface area contributed by atoms with E-state index < -0.39 is 0 Å². The van der Waals surface area contributed by atoms with E-state index in [2.05, 4.69) is 12.2 Å². The summed E-state index contributed by atoms with van der Waals surface area (Å²) >= 11 is 0. The summed E-state index contributed by atoms with van der Waals surface area (Å²) in [6.07, 6.45) is 13.0. The van der Waals surface area contributed by atoms with E-state index in [0.29, 0.717) is 50.7 Å². The van der Waals surface area contributed by atoms with Gasteiger partial charge in [0, 0.05) is 19.0 Å². The molecule has 1 aliphatic heterocycles. The molecule has 1 amide bonds. The number of ether oxygens (including phenoxy) is 2. The number of carbonyl (C=O) groups excluding carboxylic acids is 1. The van der Waals surface area contributed by atoms with Crippen molar-refractivity contribution in [3.05, 3.63) is 23.8 Å². The molecular formula is C24H37NO5. The van der Waals surface area contributed by atoms with Crippen LogP contribution in [0.15, 0.2) is 23.8 Å². The van der Waals surface area contributed by atoms with Gasteiger partial charge in [0.15, 0.2) is 0 Å².